The van der Waals surface area contributed by atoms with Gasteiger partial charge in [-0.2, -0.15) is 5.10 Å². The number of carbonyl (C=O) groups excluding carboxylic acids is 1. The minimum atomic E-state index is -0.175. The van der Waals surface area contributed by atoms with Crippen LogP contribution >= 0.6 is 0 Å². The van der Waals surface area contributed by atoms with Gasteiger partial charge in [0, 0.05) is 11.8 Å². The van der Waals surface area contributed by atoms with Crippen LogP contribution < -0.4 is 5.32 Å². The minimum absolute atomic E-state index is 0.156. The highest BCUT2D eigenvalue weighted by Crippen LogP contribution is 2.42. The van der Waals surface area contributed by atoms with Crippen molar-refractivity contribution in [3.05, 3.63) is 83.6 Å². The lowest BCUT2D eigenvalue weighted by Gasteiger charge is -2.38. The maximum absolute atomic E-state index is 13.6. The van der Waals surface area contributed by atoms with Crippen LogP contribution in [-0.4, -0.2) is 15.6 Å². The van der Waals surface area contributed by atoms with Crippen molar-refractivity contribution in [2.45, 2.75) is 70.4 Å². The van der Waals surface area contributed by atoms with Gasteiger partial charge in [0.25, 0.3) is 0 Å². The molecule has 4 heteroatoms. The van der Waals surface area contributed by atoms with E-state index in [0.29, 0.717) is 12.0 Å². The number of fused-ring (bicyclic) bond motifs is 1. The second-order valence-corrected chi connectivity index (χ2v) is 9.40. The van der Waals surface area contributed by atoms with E-state index < -0.39 is 0 Å². The Bertz CT molecular complexity index is 1030. The normalized spacial score (nSPS) is 17.6. The molecule has 1 aromatic heterocycles. The summed E-state index contributed by atoms with van der Waals surface area (Å²) in [5.41, 5.74) is 2.85. The van der Waals surface area contributed by atoms with E-state index in [4.69, 9.17) is 0 Å². The average Bonchev–Trinajstić information content (AvgIpc) is 3.24. The molecule has 1 aliphatic rings. The van der Waals surface area contributed by atoms with E-state index in [0.717, 1.165) is 25.1 Å². The highest BCUT2D eigenvalue weighted by molar-refractivity contribution is 6.01. The minimum Gasteiger partial charge on any atom is -0.363 e. The molecule has 2 heterocycles. The van der Waals surface area contributed by atoms with Gasteiger partial charge in [-0.15, -0.1) is 0 Å². The zero-order valence-electron chi connectivity index (χ0n) is 19.1. The summed E-state index contributed by atoms with van der Waals surface area (Å²) in [7, 11) is 0. The summed E-state index contributed by atoms with van der Waals surface area (Å²) < 4.78 is 2.00. The number of anilines is 1. The molecule has 1 unspecified atom stereocenters. The fourth-order valence-electron chi connectivity index (χ4n) is 5.04. The first-order valence-corrected chi connectivity index (χ1v) is 11.4. The van der Waals surface area contributed by atoms with Crippen molar-refractivity contribution in [2.75, 3.05) is 5.32 Å². The topological polar surface area (TPSA) is 46.9 Å². The van der Waals surface area contributed by atoms with Crippen LogP contribution in [0.4, 0.5) is 5.82 Å². The first-order valence-electron chi connectivity index (χ1n) is 11.4. The summed E-state index contributed by atoms with van der Waals surface area (Å²) >= 11 is 0. The number of nitrogens with one attached hydrogen (secondary N) is 1. The van der Waals surface area contributed by atoms with Gasteiger partial charge in [0.15, 0.2) is 5.78 Å². The average molecular weight is 416 g/mol. The molecule has 0 bridgehead atoms. The first-order chi connectivity index (χ1) is 14.9. The molecule has 1 aliphatic heterocycles. The van der Waals surface area contributed by atoms with E-state index in [9.17, 15) is 4.79 Å². The van der Waals surface area contributed by atoms with E-state index in [1.165, 1.54) is 11.1 Å². The molecule has 4 rings (SSSR count). The number of hydrogen-bond donors (Lipinski definition) is 1. The third-order valence-corrected chi connectivity index (χ3v) is 7.10. The largest absolute Gasteiger partial charge is 0.363 e. The Hall–Kier alpha value is -2.88. The Labute approximate surface area is 185 Å². The lowest BCUT2D eigenvalue weighted by atomic mass is 9.71. The van der Waals surface area contributed by atoms with Gasteiger partial charge in [0.05, 0.1) is 23.3 Å². The molecule has 4 nitrogen and oxygen atoms in total. The summed E-state index contributed by atoms with van der Waals surface area (Å²) in [5.74, 6) is 1.01. The summed E-state index contributed by atoms with van der Waals surface area (Å²) in [4.78, 5) is 13.6. The Morgan fingerprint density at radius 2 is 1.68 bits per heavy atom. The van der Waals surface area contributed by atoms with E-state index >= 15 is 0 Å². The van der Waals surface area contributed by atoms with Gasteiger partial charge >= 0.3 is 0 Å². The number of rotatable bonds is 7. The highest BCUT2D eigenvalue weighted by atomic mass is 16.1. The second kappa shape index (κ2) is 8.33. The van der Waals surface area contributed by atoms with Crippen molar-refractivity contribution >= 4 is 11.6 Å². The zero-order valence-corrected chi connectivity index (χ0v) is 19.1. The maximum Gasteiger partial charge on any atom is 0.169 e. The number of hydrogen-bond acceptors (Lipinski definition) is 3. The summed E-state index contributed by atoms with van der Waals surface area (Å²) in [6.45, 7) is 8.76. The standard InChI is InChI=1S/C27H33N3O/c1-5-27(6-2,21-15-11-8-12-16-21)18-24(31)22-19-28-30-25(22)29-23(17-26(30,3)4)20-13-9-7-10-14-20/h7-16,19,23,29H,5-6,17-18H2,1-4H3. The molecular formula is C27H33N3O. The van der Waals surface area contributed by atoms with Crippen LogP contribution in [0.1, 0.15) is 80.9 Å². The number of nitrogens with zero attached hydrogens (tertiary/aromatic N) is 2. The smallest absolute Gasteiger partial charge is 0.169 e. The molecule has 0 radical (unpaired) electrons. The number of ketones is 1. The molecule has 162 valence electrons. The molecule has 1 atom stereocenters. The summed E-state index contributed by atoms with van der Waals surface area (Å²) in [6, 6.07) is 21.1. The molecular weight excluding hydrogens is 382 g/mol. The quantitative estimate of drug-likeness (QED) is 0.448. The third kappa shape index (κ3) is 3.91. The molecule has 3 aromatic rings. The van der Waals surface area contributed by atoms with Crippen molar-refractivity contribution < 1.29 is 4.79 Å². The van der Waals surface area contributed by atoms with Gasteiger partial charge in [-0.05, 0) is 44.2 Å². The third-order valence-electron chi connectivity index (χ3n) is 7.10. The SMILES string of the molecule is CCC(CC)(CC(=O)c1cnn2c1NC(c1ccccc1)CC2(C)C)c1ccccc1. The molecule has 0 amide bonds. The molecule has 0 spiro atoms. The molecule has 31 heavy (non-hydrogen) atoms. The van der Waals surface area contributed by atoms with Gasteiger partial charge in [-0.25, -0.2) is 4.68 Å². The summed E-state index contributed by atoms with van der Waals surface area (Å²) in [5, 5.41) is 8.29. The van der Waals surface area contributed by atoms with E-state index in [1.807, 2.05) is 16.8 Å². The predicted molar refractivity (Wildman–Crippen MR) is 127 cm³/mol. The van der Waals surface area contributed by atoms with Gasteiger partial charge < -0.3 is 5.32 Å². The zero-order chi connectivity index (χ0) is 22.1. The molecule has 0 saturated heterocycles. The predicted octanol–water partition coefficient (Wildman–Crippen LogP) is 6.51. The van der Waals surface area contributed by atoms with Gasteiger partial charge in [-0.3, -0.25) is 4.79 Å². The van der Waals surface area contributed by atoms with E-state index in [2.05, 4.69) is 86.6 Å². The fraction of sp³-hybridized carbons (Fsp3) is 0.407. The Kier molecular flexibility index (Phi) is 5.74. The lowest BCUT2D eigenvalue weighted by Crippen LogP contribution is -2.38. The van der Waals surface area contributed by atoms with Crippen LogP contribution in [0.25, 0.3) is 0 Å². The van der Waals surface area contributed by atoms with Gasteiger partial charge in [0.2, 0.25) is 0 Å². The fourth-order valence-corrected chi connectivity index (χ4v) is 5.04. The van der Waals surface area contributed by atoms with Crippen molar-refractivity contribution in [2.24, 2.45) is 0 Å². The van der Waals surface area contributed by atoms with E-state index in [1.54, 1.807) is 6.20 Å². The van der Waals surface area contributed by atoms with Crippen molar-refractivity contribution in [3.63, 3.8) is 0 Å². The maximum atomic E-state index is 13.6. The second-order valence-electron chi connectivity index (χ2n) is 9.40. The van der Waals surface area contributed by atoms with Crippen LogP contribution in [0.2, 0.25) is 0 Å². The number of benzene rings is 2. The molecule has 1 N–H and O–H groups in total. The van der Waals surface area contributed by atoms with Crippen LogP contribution in [-0.2, 0) is 11.0 Å². The Morgan fingerprint density at radius 1 is 1.06 bits per heavy atom. The monoisotopic (exact) mass is 415 g/mol. The number of aromatic nitrogens is 2. The molecule has 2 aromatic carbocycles. The van der Waals surface area contributed by atoms with Crippen molar-refractivity contribution in [1.29, 1.82) is 0 Å². The Balaban J connectivity index is 1.68. The van der Waals surface area contributed by atoms with Gasteiger partial charge in [-0.1, -0.05) is 74.5 Å². The molecule has 0 fully saturated rings. The van der Waals surface area contributed by atoms with Crippen LogP contribution in [0.15, 0.2) is 66.9 Å². The van der Waals surface area contributed by atoms with Gasteiger partial charge in [0.1, 0.15) is 5.82 Å². The summed E-state index contributed by atoms with van der Waals surface area (Å²) in [6.07, 6.45) is 5.02. The van der Waals surface area contributed by atoms with Crippen LogP contribution in [0, 0.1) is 0 Å². The molecule has 0 saturated carbocycles. The van der Waals surface area contributed by atoms with Crippen molar-refractivity contribution in [1.82, 2.24) is 9.78 Å². The highest BCUT2D eigenvalue weighted by Gasteiger charge is 2.38. The number of carbonyl (C=O) groups is 1. The van der Waals surface area contributed by atoms with Crippen molar-refractivity contribution in [3.8, 4) is 0 Å². The van der Waals surface area contributed by atoms with E-state index in [-0.39, 0.29) is 22.8 Å². The first kappa shape index (κ1) is 21.4. The molecule has 0 aliphatic carbocycles. The Morgan fingerprint density at radius 3 is 2.29 bits per heavy atom. The van der Waals surface area contributed by atoms with Crippen LogP contribution in [0.5, 0.6) is 0 Å². The van der Waals surface area contributed by atoms with Crippen LogP contribution in [0.3, 0.4) is 0 Å². The lowest BCUT2D eigenvalue weighted by molar-refractivity contribution is 0.0944. The number of Topliss-reactive ketones (excluding diaryl/α,β-unsaturated/α-hetero) is 1.